The van der Waals surface area contributed by atoms with Gasteiger partial charge in [-0.25, -0.2) is 0 Å². The highest BCUT2D eigenvalue weighted by Crippen LogP contribution is 2.31. The largest absolute Gasteiger partial charge is 0.366 e. The molecule has 1 aromatic heterocycles. The van der Waals surface area contributed by atoms with Crippen LogP contribution in [0.4, 0.5) is 0 Å². The normalized spacial score (nSPS) is 10.9. The van der Waals surface area contributed by atoms with E-state index in [9.17, 15) is 4.79 Å². The van der Waals surface area contributed by atoms with Crippen LogP contribution >= 0.6 is 0 Å². The fourth-order valence-corrected chi connectivity index (χ4v) is 2.66. The molecule has 0 spiro atoms. The number of aromatic amines is 1. The highest BCUT2D eigenvalue weighted by molar-refractivity contribution is 5.99. The molecule has 0 atom stereocenters. The number of hydrogen-bond donors (Lipinski definition) is 3. The summed E-state index contributed by atoms with van der Waals surface area (Å²) in [6.07, 6.45) is 0.743. The van der Waals surface area contributed by atoms with Gasteiger partial charge in [0, 0.05) is 22.2 Å². The van der Waals surface area contributed by atoms with E-state index in [0.717, 1.165) is 34.1 Å². The summed E-state index contributed by atoms with van der Waals surface area (Å²) in [5.41, 5.74) is 15.9. The molecule has 5 N–H and O–H groups in total. The lowest BCUT2D eigenvalue weighted by Gasteiger charge is -2.04. The number of rotatable bonds is 4. The molecule has 0 radical (unpaired) electrons. The van der Waals surface area contributed by atoms with Crippen LogP contribution in [-0.4, -0.2) is 17.4 Å². The van der Waals surface area contributed by atoms with Crippen molar-refractivity contribution in [3.63, 3.8) is 0 Å². The van der Waals surface area contributed by atoms with Crippen molar-refractivity contribution < 1.29 is 4.79 Å². The summed E-state index contributed by atoms with van der Waals surface area (Å²) in [4.78, 5) is 14.8. The quantitative estimate of drug-likeness (QED) is 0.685. The molecule has 1 amide bonds. The van der Waals surface area contributed by atoms with E-state index in [4.69, 9.17) is 11.5 Å². The number of nitrogens with two attached hydrogens (primary N) is 2. The van der Waals surface area contributed by atoms with E-state index in [1.54, 1.807) is 6.07 Å². The summed E-state index contributed by atoms with van der Waals surface area (Å²) in [6, 6.07) is 15.6. The first kappa shape index (κ1) is 13.4. The highest BCUT2D eigenvalue weighted by Gasteiger charge is 2.13. The first-order valence-corrected chi connectivity index (χ1v) is 6.90. The zero-order chi connectivity index (χ0) is 14.8. The maximum absolute atomic E-state index is 11.4. The van der Waals surface area contributed by atoms with Gasteiger partial charge in [0.15, 0.2) is 0 Å². The van der Waals surface area contributed by atoms with Gasteiger partial charge in [0.25, 0.3) is 0 Å². The number of amides is 1. The second-order valence-electron chi connectivity index (χ2n) is 5.01. The maximum atomic E-state index is 11.4. The Kier molecular flexibility index (Phi) is 3.46. The van der Waals surface area contributed by atoms with E-state index in [2.05, 4.69) is 17.1 Å². The molecular weight excluding hydrogens is 262 g/mol. The summed E-state index contributed by atoms with van der Waals surface area (Å²) in [7, 11) is 0. The van der Waals surface area contributed by atoms with Crippen LogP contribution in [0.2, 0.25) is 0 Å². The molecule has 3 aromatic rings. The summed E-state index contributed by atoms with van der Waals surface area (Å²) < 4.78 is 0. The van der Waals surface area contributed by atoms with Crippen molar-refractivity contribution in [3.8, 4) is 11.3 Å². The van der Waals surface area contributed by atoms with Crippen LogP contribution < -0.4 is 11.5 Å². The Balaban J connectivity index is 2.25. The second-order valence-corrected chi connectivity index (χ2v) is 5.01. The van der Waals surface area contributed by atoms with E-state index in [1.165, 1.54) is 0 Å². The summed E-state index contributed by atoms with van der Waals surface area (Å²) in [6.45, 7) is 0.549. The number of aromatic nitrogens is 1. The minimum absolute atomic E-state index is 0.418. The van der Waals surface area contributed by atoms with Crippen molar-refractivity contribution in [3.05, 3.63) is 59.7 Å². The summed E-state index contributed by atoms with van der Waals surface area (Å²) >= 11 is 0. The van der Waals surface area contributed by atoms with Crippen molar-refractivity contribution >= 4 is 16.8 Å². The standard InChI is InChI=1S/C17H17N3O/c18-9-8-13-14-10-12(17(19)21)6-7-15(14)20-16(13)11-4-2-1-3-5-11/h1-7,10,20H,8-9,18H2,(H2,19,21). The molecule has 2 aromatic carbocycles. The molecule has 106 valence electrons. The molecular formula is C17H17N3O. The van der Waals surface area contributed by atoms with Gasteiger partial charge in [0.2, 0.25) is 5.91 Å². The third kappa shape index (κ3) is 2.41. The van der Waals surface area contributed by atoms with Gasteiger partial charge in [-0.3, -0.25) is 4.79 Å². The molecule has 0 saturated heterocycles. The van der Waals surface area contributed by atoms with Gasteiger partial charge in [-0.2, -0.15) is 0 Å². The van der Waals surface area contributed by atoms with Crippen LogP contribution in [0, 0.1) is 0 Å². The number of carbonyl (C=O) groups excluding carboxylic acids is 1. The predicted octanol–water partition coefficient (Wildman–Crippen LogP) is 2.43. The van der Waals surface area contributed by atoms with Crippen LogP contribution in [0.15, 0.2) is 48.5 Å². The molecule has 3 rings (SSSR count). The van der Waals surface area contributed by atoms with E-state index in [1.807, 2.05) is 30.3 Å². The molecule has 21 heavy (non-hydrogen) atoms. The van der Waals surface area contributed by atoms with Crippen molar-refractivity contribution in [2.24, 2.45) is 11.5 Å². The van der Waals surface area contributed by atoms with Crippen LogP contribution in [-0.2, 0) is 6.42 Å². The number of hydrogen-bond acceptors (Lipinski definition) is 2. The van der Waals surface area contributed by atoms with Gasteiger partial charge in [-0.1, -0.05) is 30.3 Å². The monoisotopic (exact) mass is 279 g/mol. The molecule has 0 aliphatic carbocycles. The van der Waals surface area contributed by atoms with E-state index in [-0.39, 0.29) is 0 Å². The fourth-order valence-electron chi connectivity index (χ4n) is 2.66. The Morgan fingerprint density at radius 3 is 2.52 bits per heavy atom. The van der Waals surface area contributed by atoms with Crippen LogP contribution in [0.25, 0.3) is 22.2 Å². The van der Waals surface area contributed by atoms with Gasteiger partial charge < -0.3 is 16.5 Å². The summed E-state index contributed by atoms with van der Waals surface area (Å²) in [5, 5.41) is 1.01. The molecule has 0 fully saturated rings. The SMILES string of the molecule is NCCc1c(-c2ccccc2)[nH]c2ccc(C(N)=O)cc12. The van der Waals surface area contributed by atoms with E-state index >= 15 is 0 Å². The van der Waals surface area contributed by atoms with Crippen LogP contribution in [0.5, 0.6) is 0 Å². The first-order valence-electron chi connectivity index (χ1n) is 6.90. The Labute approximate surface area is 122 Å². The molecule has 0 saturated carbocycles. The fraction of sp³-hybridized carbons (Fsp3) is 0.118. The number of benzene rings is 2. The minimum Gasteiger partial charge on any atom is -0.366 e. The summed E-state index contributed by atoms with van der Waals surface area (Å²) in [5.74, 6) is -0.418. The average molecular weight is 279 g/mol. The zero-order valence-electron chi connectivity index (χ0n) is 11.6. The number of primary amides is 1. The molecule has 4 heteroatoms. The zero-order valence-corrected chi connectivity index (χ0v) is 11.6. The Hall–Kier alpha value is -2.59. The van der Waals surface area contributed by atoms with Gasteiger partial charge >= 0.3 is 0 Å². The van der Waals surface area contributed by atoms with Crippen molar-refractivity contribution in [2.45, 2.75) is 6.42 Å². The highest BCUT2D eigenvalue weighted by atomic mass is 16.1. The average Bonchev–Trinajstić information content (AvgIpc) is 2.86. The van der Waals surface area contributed by atoms with Crippen molar-refractivity contribution in [1.29, 1.82) is 0 Å². The van der Waals surface area contributed by atoms with Gasteiger partial charge in [0.1, 0.15) is 0 Å². The third-order valence-corrected chi connectivity index (χ3v) is 3.65. The number of H-pyrrole nitrogens is 1. The first-order chi connectivity index (χ1) is 10.2. The number of carbonyl (C=O) groups is 1. The van der Waals surface area contributed by atoms with Gasteiger partial charge in [-0.15, -0.1) is 0 Å². The van der Waals surface area contributed by atoms with Crippen LogP contribution in [0.1, 0.15) is 15.9 Å². The lowest BCUT2D eigenvalue weighted by atomic mass is 10.0. The Morgan fingerprint density at radius 1 is 1.10 bits per heavy atom. The van der Waals surface area contributed by atoms with Crippen molar-refractivity contribution in [2.75, 3.05) is 6.54 Å². The van der Waals surface area contributed by atoms with Gasteiger partial charge in [-0.05, 0) is 42.3 Å². The maximum Gasteiger partial charge on any atom is 0.248 e. The lowest BCUT2D eigenvalue weighted by Crippen LogP contribution is -2.10. The molecule has 1 heterocycles. The second kappa shape index (κ2) is 5.42. The van der Waals surface area contributed by atoms with Crippen LogP contribution in [0.3, 0.4) is 0 Å². The lowest BCUT2D eigenvalue weighted by molar-refractivity contribution is 0.100. The Morgan fingerprint density at radius 2 is 1.86 bits per heavy atom. The smallest absolute Gasteiger partial charge is 0.248 e. The van der Waals surface area contributed by atoms with Crippen molar-refractivity contribution in [1.82, 2.24) is 4.98 Å². The number of nitrogens with one attached hydrogen (secondary N) is 1. The topological polar surface area (TPSA) is 84.9 Å². The molecule has 0 unspecified atom stereocenters. The minimum atomic E-state index is -0.418. The molecule has 0 aliphatic rings. The predicted molar refractivity (Wildman–Crippen MR) is 85.0 cm³/mol. The molecule has 0 aliphatic heterocycles. The molecule has 4 nitrogen and oxygen atoms in total. The number of fused-ring (bicyclic) bond motifs is 1. The van der Waals surface area contributed by atoms with Gasteiger partial charge in [0.05, 0.1) is 0 Å². The molecule has 0 bridgehead atoms. The van der Waals surface area contributed by atoms with E-state index in [0.29, 0.717) is 12.1 Å². The Bertz CT molecular complexity index is 790. The van der Waals surface area contributed by atoms with E-state index < -0.39 is 5.91 Å². The third-order valence-electron chi connectivity index (χ3n) is 3.65.